The van der Waals surface area contributed by atoms with Crippen LogP contribution in [0.3, 0.4) is 0 Å². The van der Waals surface area contributed by atoms with Crippen LogP contribution in [-0.2, 0) is 6.42 Å². The summed E-state index contributed by atoms with van der Waals surface area (Å²) in [6, 6.07) is 8.85. The Morgan fingerprint density at radius 1 is 0.857 bits per heavy atom. The molecule has 0 bridgehead atoms. The fourth-order valence-corrected chi connectivity index (χ4v) is 15.5. The summed E-state index contributed by atoms with van der Waals surface area (Å²) in [7, 11) is -0.699. The maximum absolute atomic E-state index is 7.03. The Kier molecular flexibility index (Phi) is 8.88. The molecule has 1 aliphatic rings. The predicted octanol–water partition coefficient (Wildman–Crippen LogP) is 6.56. The number of hydrogen-bond donors (Lipinski definition) is 0. The summed E-state index contributed by atoms with van der Waals surface area (Å²) in [5.74, 6) is 1.21. The minimum Gasteiger partial charge on any atom is -0.496 e. The SMILES string of the molecule is CCCCCC(C)(C)[SiH2]C1([SiH2]C(C)(C)CCCCC)CCc2ccccc2O1. The van der Waals surface area contributed by atoms with Crippen LogP contribution in [0.25, 0.3) is 0 Å². The first-order valence-electron chi connectivity index (χ1n) is 12.0. The fourth-order valence-electron chi connectivity index (χ4n) is 5.40. The first kappa shape index (κ1) is 23.7. The van der Waals surface area contributed by atoms with Gasteiger partial charge in [-0.25, -0.2) is 0 Å². The summed E-state index contributed by atoms with van der Waals surface area (Å²) in [6.07, 6.45) is 13.5. The summed E-state index contributed by atoms with van der Waals surface area (Å²) in [4.78, 5) is 0.264. The Morgan fingerprint density at radius 2 is 1.39 bits per heavy atom. The second-order valence-corrected chi connectivity index (χ2v) is 19.1. The average molecular weight is 419 g/mol. The zero-order chi connectivity index (χ0) is 20.7. The molecule has 0 atom stereocenters. The third-order valence-corrected chi connectivity index (χ3v) is 13.1. The van der Waals surface area contributed by atoms with Gasteiger partial charge in [0.1, 0.15) is 5.75 Å². The molecule has 0 amide bonds. The lowest BCUT2D eigenvalue weighted by molar-refractivity contribution is 0.192. The summed E-state index contributed by atoms with van der Waals surface area (Å²) in [5, 5.41) is 1.02. The molecule has 0 saturated carbocycles. The number of hydrogen-bond acceptors (Lipinski definition) is 1. The first-order chi connectivity index (χ1) is 13.2. The van der Waals surface area contributed by atoms with E-state index in [2.05, 4.69) is 65.8 Å². The van der Waals surface area contributed by atoms with Crippen LogP contribution >= 0.6 is 0 Å². The normalized spacial score (nSPS) is 20.8. The van der Waals surface area contributed by atoms with E-state index in [0.717, 1.165) is 0 Å². The van der Waals surface area contributed by atoms with Crippen molar-refractivity contribution < 1.29 is 4.74 Å². The van der Waals surface area contributed by atoms with Crippen molar-refractivity contribution in [3.63, 3.8) is 0 Å². The largest absolute Gasteiger partial charge is 0.496 e. The smallest absolute Gasteiger partial charge is 0.122 e. The van der Waals surface area contributed by atoms with E-state index in [4.69, 9.17) is 4.74 Å². The van der Waals surface area contributed by atoms with Gasteiger partial charge in [0, 0.05) is 0 Å². The number of unbranched alkanes of at least 4 members (excludes halogenated alkanes) is 4. The Labute approximate surface area is 180 Å². The molecule has 3 heteroatoms. The maximum atomic E-state index is 7.03. The average Bonchev–Trinajstić information content (AvgIpc) is 2.60. The van der Waals surface area contributed by atoms with Crippen LogP contribution in [0.2, 0.25) is 10.1 Å². The van der Waals surface area contributed by atoms with Gasteiger partial charge < -0.3 is 4.74 Å². The zero-order valence-corrected chi connectivity index (χ0v) is 22.5. The van der Waals surface area contributed by atoms with Gasteiger partial charge in [-0.15, -0.1) is 0 Å². The predicted molar refractivity (Wildman–Crippen MR) is 132 cm³/mol. The Hall–Kier alpha value is -0.546. The monoisotopic (exact) mass is 418 g/mol. The van der Waals surface area contributed by atoms with E-state index in [0.29, 0.717) is 10.1 Å². The van der Waals surface area contributed by atoms with Gasteiger partial charge in [-0.05, 0) is 34.5 Å². The van der Waals surface area contributed by atoms with E-state index in [1.165, 1.54) is 75.5 Å². The molecular weight excluding hydrogens is 372 g/mol. The maximum Gasteiger partial charge on any atom is 0.122 e. The van der Waals surface area contributed by atoms with Crippen LogP contribution in [0.1, 0.15) is 105 Å². The van der Waals surface area contributed by atoms with E-state index in [1.807, 2.05) is 0 Å². The van der Waals surface area contributed by atoms with Crippen molar-refractivity contribution in [1.82, 2.24) is 0 Å². The Balaban J connectivity index is 2.19. The van der Waals surface area contributed by atoms with Crippen molar-refractivity contribution in [3.8, 4) is 5.75 Å². The van der Waals surface area contributed by atoms with Crippen LogP contribution in [0, 0.1) is 0 Å². The lowest BCUT2D eigenvalue weighted by atomic mass is 10.0. The molecule has 2 rings (SSSR count). The van der Waals surface area contributed by atoms with Crippen molar-refractivity contribution in [2.45, 2.75) is 121 Å². The quantitative estimate of drug-likeness (QED) is 0.276. The molecule has 160 valence electrons. The van der Waals surface area contributed by atoms with Crippen LogP contribution in [0.15, 0.2) is 24.3 Å². The lowest BCUT2D eigenvalue weighted by Gasteiger charge is -2.47. The van der Waals surface area contributed by atoms with Gasteiger partial charge in [-0.3, -0.25) is 0 Å². The van der Waals surface area contributed by atoms with Gasteiger partial charge in [-0.2, -0.15) is 0 Å². The van der Waals surface area contributed by atoms with Crippen molar-refractivity contribution >= 4 is 19.0 Å². The molecule has 0 N–H and O–H groups in total. The molecule has 0 fully saturated rings. The van der Waals surface area contributed by atoms with E-state index in [-0.39, 0.29) is 23.9 Å². The molecule has 1 aromatic carbocycles. The minimum absolute atomic E-state index is 0.264. The van der Waals surface area contributed by atoms with Crippen LogP contribution in [0.4, 0.5) is 0 Å². The molecule has 1 nitrogen and oxygen atoms in total. The summed E-state index contributed by atoms with van der Waals surface area (Å²) in [6.45, 7) is 14.9. The molecule has 0 aliphatic carbocycles. The highest BCUT2D eigenvalue weighted by atomic mass is 28.3. The molecule has 0 unspecified atom stereocenters. The topological polar surface area (TPSA) is 9.23 Å². The summed E-state index contributed by atoms with van der Waals surface area (Å²) < 4.78 is 7.03. The number of aryl methyl sites for hydroxylation is 1. The van der Waals surface area contributed by atoms with Gasteiger partial charge in [0.2, 0.25) is 0 Å². The third-order valence-electron chi connectivity index (χ3n) is 6.66. The highest BCUT2D eigenvalue weighted by molar-refractivity contribution is 6.65. The fraction of sp³-hybridized carbons (Fsp3) is 0.760. The number of para-hydroxylation sites is 1. The molecule has 1 heterocycles. The molecule has 0 radical (unpaired) electrons. The highest BCUT2D eigenvalue weighted by Crippen LogP contribution is 2.44. The molecule has 0 aromatic heterocycles. The van der Waals surface area contributed by atoms with Gasteiger partial charge >= 0.3 is 0 Å². The molecule has 0 saturated heterocycles. The van der Waals surface area contributed by atoms with Crippen molar-refractivity contribution in [1.29, 1.82) is 0 Å². The van der Waals surface area contributed by atoms with Crippen LogP contribution in [0.5, 0.6) is 5.75 Å². The highest BCUT2D eigenvalue weighted by Gasteiger charge is 2.44. The summed E-state index contributed by atoms with van der Waals surface area (Å²) in [5.41, 5.74) is 1.44. The molecular formula is C25H46OSi2. The minimum atomic E-state index is -0.350. The second kappa shape index (κ2) is 10.5. The van der Waals surface area contributed by atoms with Crippen molar-refractivity contribution in [2.24, 2.45) is 0 Å². The zero-order valence-electron chi connectivity index (χ0n) is 19.7. The van der Waals surface area contributed by atoms with E-state index < -0.39 is 0 Å². The van der Waals surface area contributed by atoms with Crippen molar-refractivity contribution in [3.05, 3.63) is 29.8 Å². The van der Waals surface area contributed by atoms with Gasteiger partial charge in [-0.1, -0.05) is 111 Å². The van der Waals surface area contributed by atoms with Gasteiger partial charge in [0.15, 0.2) is 0 Å². The van der Waals surface area contributed by atoms with Crippen LogP contribution < -0.4 is 4.74 Å². The number of benzene rings is 1. The third kappa shape index (κ3) is 7.37. The Bertz CT molecular complexity index is 570. The lowest BCUT2D eigenvalue weighted by Crippen LogP contribution is -2.56. The number of ether oxygens (including phenoxy) is 1. The van der Waals surface area contributed by atoms with Crippen molar-refractivity contribution in [2.75, 3.05) is 0 Å². The Morgan fingerprint density at radius 3 is 1.93 bits per heavy atom. The molecule has 1 aliphatic heterocycles. The number of fused-ring (bicyclic) bond motifs is 1. The second-order valence-electron chi connectivity index (χ2n) is 11.0. The van der Waals surface area contributed by atoms with E-state index in [9.17, 15) is 0 Å². The molecule has 28 heavy (non-hydrogen) atoms. The summed E-state index contributed by atoms with van der Waals surface area (Å²) >= 11 is 0. The standard InChI is InChI=1S/C25H46OSi2/c1-7-9-13-18-23(3,4)27-25(28-24(5,6)19-14-10-8-2)20-17-21-15-11-12-16-22(21)26-25/h11-12,15-16H,7-10,13-14,17-20,27-28H2,1-6H3. The molecule has 1 aromatic rings. The number of rotatable bonds is 12. The first-order valence-corrected chi connectivity index (χ1v) is 14.8. The molecule has 0 spiro atoms. The van der Waals surface area contributed by atoms with E-state index in [1.54, 1.807) is 0 Å². The van der Waals surface area contributed by atoms with Gasteiger partial charge in [0.05, 0.1) is 23.9 Å². The van der Waals surface area contributed by atoms with Gasteiger partial charge in [0.25, 0.3) is 0 Å². The van der Waals surface area contributed by atoms with Crippen LogP contribution in [-0.4, -0.2) is 23.9 Å². The van der Waals surface area contributed by atoms with E-state index >= 15 is 0 Å².